The number of phosphoric ester groups is 1. The Balaban J connectivity index is 1.79. The van der Waals surface area contributed by atoms with Crippen LogP contribution < -0.4 is 14.4 Å². The number of benzene rings is 2. The van der Waals surface area contributed by atoms with E-state index in [9.17, 15) is 34.3 Å². The van der Waals surface area contributed by atoms with Crippen molar-refractivity contribution in [2.75, 3.05) is 6.61 Å². The second-order valence-electron chi connectivity index (χ2n) is 20.8. The van der Waals surface area contributed by atoms with Gasteiger partial charge in [-0.2, -0.15) is 0 Å². The van der Waals surface area contributed by atoms with Crippen molar-refractivity contribution in [3.05, 3.63) is 60.7 Å². The first-order valence-corrected chi connectivity index (χ1v) is 31.0. The van der Waals surface area contributed by atoms with E-state index in [1.54, 1.807) is 60.7 Å². The van der Waals surface area contributed by atoms with Crippen LogP contribution in [0.2, 0.25) is 0 Å². The molecule has 1 aliphatic heterocycles. The lowest BCUT2D eigenvalue weighted by atomic mass is 9.96. The van der Waals surface area contributed by atoms with Crippen LogP contribution in [-0.2, 0) is 37.7 Å². The normalized spacial score (nSPS) is 18.5. The van der Waals surface area contributed by atoms with Gasteiger partial charge in [0.25, 0.3) is 0 Å². The van der Waals surface area contributed by atoms with Crippen molar-refractivity contribution in [3.8, 4) is 11.5 Å². The predicted octanol–water partition coefficient (Wildman–Crippen LogP) is 14.3. The predicted molar refractivity (Wildman–Crippen MR) is 296 cm³/mol. The number of rotatable bonds is 46. The summed E-state index contributed by atoms with van der Waals surface area (Å²) in [5.41, 5.74) is 0. The van der Waals surface area contributed by atoms with Gasteiger partial charge in [0.2, 0.25) is 5.91 Å². The SMILES string of the molecule is CCCCCCCCCCCCCCCC(=O)OC(CCCCCCCCC)CC(=O)O[C@H]1[C@H](OP(=O)(Oc2ccccc2)Oc2ccccc2)[C@@H](CO)OC(O)[C@@H]1NC(=O)CC(O)CCCCCCCCCCC. The second-order valence-corrected chi connectivity index (χ2v) is 22.3. The highest BCUT2D eigenvalue weighted by molar-refractivity contribution is 7.49. The Labute approximate surface area is 452 Å². The van der Waals surface area contributed by atoms with Gasteiger partial charge in [-0.05, 0) is 49.9 Å². The van der Waals surface area contributed by atoms with E-state index in [0.29, 0.717) is 25.7 Å². The third-order valence-electron chi connectivity index (χ3n) is 14.0. The van der Waals surface area contributed by atoms with Crippen molar-refractivity contribution >= 4 is 25.7 Å². The maximum atomic E-state index is 14.9. The largest absolute Gasteiger partial charge is 0.588 e. The molecule has 2 aromatic rings. The topological polar surface area (TPSA) is 196 Å². The molecule has 1 aliphatic rings. The summed E-state index contributed by atoms with van der Waals surface area (Å²) in [4.78, 5) is 41.4. The first-order valence-electron chi connectivity index (χ1n) is 29.6. The van der Waals surface area contributed by atoms with Crippen LogP contribution in [0.1, 0.15) is 239 Å². The number of esters is 2. The van der Waals surface area contributed by atoms with Gasteiger partial charge in [-0.15, -0.1) is 0 Å². The highest BCUT2D eigenvalue weighted by Crippen LogP contribution is 2.52. The summed E-state index contributed by atoms with van der Waals surface area (Å²) in [6.45, 7) is 5.81. The Morgan fingerprint density at radius 3 is 1.45 bits per heavy atom. The number of nitrogens with one attached hydrogen (secondary N) is 1. The molecule has 1 fully saturated rings. The smallest absolute Gasteiger partial charge is 0.462 e. The maximum Gasteiger partial charge on any atom is 0.588 e. The van der Waals surface area contributed by atoms with E-state index < -0.39 is 75.1 Å². The number of carbonyl (C=O) groups is 3. The van der Waals surface area contributed by atoms with E-state index in [4.69, 9.17) is 27.8 Å². The summed E-state index contributed by atoms with van der Waals surface area (Å²) >= 11 is 0. The Morgan fingerprint density at radius 2 is 1.00 bits per heavy atom. The third kappa shape index (κ3) is 30.3. The number of amides is 1. The molecule has 14 nitrogen and oxygen atoms in total. The molecule has 0 radical (unpaired) electrons. The van der Waals surface area contributed by atoms with E-state index in [1.807, 2.05) is 0 Å². The fraction of sp³-hybridized carbons (Fsp3) is 0.750. The summed E-state index contributed by atoms with van der Waals surface area (Å²) in [6, 6.07) is 14.7. The summed E-state index contributed by atoms with van der Waals surface area (Å²) < 4.78 is 50.9. The zero-order valence-electron chi connectivity index (χ0n) is 46.4. The molecular weight excluding hydrogens is 974 g/mol. The van der Waals surface area contributed by atoms with Gasteiger partial charge >= 0.3 is 19.8 Å². The van der Waals surface area contributed by atoms with Crippen LogP contribution in [0.5, 0.6) is 11.5 Å². The van der Waals surface area contributed by atoms with Crippen molar-refractivity contribution < 1.29 is 62.1 Å². The zero-order chi connectivity index (χ0) is 54.2. The summed E-state index contributed by atoms with van der Waals surface area (Å²) in [6.07, 6.45) is 24.3. The van der Waals surface area contributed by atoms with Gasteiger partial charge in [-0.3, -0.25) is 18.9 Å². The lowest BCUT2D eigenvalue weighted by Gasteiger charge is -2.44. The Morgan fingerprint density at radius 1 is 0.573 bits per heavy atom. The molecule has 4 N–H and O–H groups in total. The van der Waals surface area contributed by atoms with Crippen molar-refractivity contribution in [1.29, 1.82) is 0 Å². The summed E-state index contributed by atoms with van der Waals surface area (Å²) in [5, 5.41) is 35.8. The Bertz CT molecular complexity index is 1740. The fourth-order valence-electron chi connectivity index (χ4n) is 9.62. The second kappa shape index (κ2) is 41.6. The summed E-state index contributed by atoms with van der Waals surface area (Å²) in [7, 11) is -4.79. The average Bonchev–Trinajstić information content (AvgIpc) is 3.39. The van der Waals surface area contributed by atoms with Gasteiger partial charge in [-0.25, -0.2) is 4.57 Å². The van der Waals surface area contributed by atoms with E-state index in [2.05, 4.69) is 26.1 Å². The molecule has 1 saturated heterocycles. The molecule has 0 aromatic heterocycles. The van der Waals surface area contributed by atoms with Gasteiger partial charge in [-0.1, -0.05) is 231 Å². The molecule has 3 unspecified atom stereocenters. The van der Waals surface area contributed by atoms with Crippen LogP contribution in [-0.4, -0.2) is 82.6 Å². The van der Waals surface area contributed by atoms with Crippen LogP contribution in [0, 0.1) is 0 Å². The van der Waals surface area contributed by atoms with Crippen LogP contribution in [0.4, 0.5) is 0 Å². The van der Waals surface area contributed by atoms with Gasteiger partial charge < -0.3 is 43.9 Å². The molecule has 0 aliphatic carbocycles. The molecule has 15 heteroatoms. The Hall–Kier alpha value is -3.52. The van der Waals surface area contributed by atoms with Gasteiger partial charge in [0.1, 0.15) is 35.9 Å². The number of hydrogen-bond acceptors (Lipinski definition) is 13. The number of phosphoric acid groups is 1. The zero-order valence-corrected chi connectivity index (χ0v) is 47.3. The van der Waals surface area contributed by atoms with E-state index in [1.165, 1.54) is 96.3 Å². The van der Waals surface area contributed by atoms with Crippen molar-refractivity contribution in [2.45, 2.75) is 282 Å². The third-order valence-corrected chi connectivity index (χ3v) is 15.4. The molecule has 2 aromatic carbocycles. The quantitative estimate of drug-likeness (QED) is 0.0278. The molecule has 428 valence electrons. The van der Waals surface area contributed by atoms with E-state index >= 15 is 0 Å². The highest BCUT2D eigenvalue weighted by Gasteiger charge is 2.53. The molecule has 0 bridgehead atoms. The molecule has 0 saturated carbocycles. The van der Waals surface area contributed by atoms with Crippen LogP contribution in [0.3, 0.4) is 0 Å². The molecule has 0 spiro atoms. The van der Waals surface area contributed by atoms with Gasteiger partial charge in [0.15, 0.2) is 12.4 Å². The number of para-hydroxylation sites is 2. The number of aliphatic hydroxyl groups excluding tert-OH is 3. The molecule has 7 atom stereocenters. The standard InChI is InChI=1S/C60H100NO13P/c1-4-7-10-13-16-18-19-20-21-23-26-29-38-45-55(65)69-52(44-33-28-24-15-12-9-6-3)47-56(66)71-59-57(61-54(64)46-49(63)39-32-27-25-22-17-14-11-8-5-2)60(67)70-53(48-62)58(59)74-75(68,72-50-40-34-30-35-41-50)73-51-42-36-31-37-43-51/h30-31,34-37,40-43,49,52-53,57-60,62-63,67H,4-29,32-33,38-39,44-48H2,1-3H3,(H,61,64)/t49?,52?,53-,57-,58-,59-,60?/m1/s1. The first kappa shape index (κ1) is 65.8. The van der Waals surface area contributed by atoms with Gasteiger partial charge in [0.05, 0.1) is 25.6 Å². The van der Waals surface area contributed by atoms with E-state index in [-0.39, 0.29) is 30.8 Å². The van der Waals surface area contributed by atoms with Crippen molar-refractivity contribution in [3.63, 3.8) is 0 Å². The number of ether oxygens (including phenoxy) is 3. The van der Waals surface area contributed by atoms with Crippen molar-refractivity contribution in [2.24, 2.45) is 0 Å². The molecule has 1 heterocycles. The fourth-order valence-corrected chi connectivity index (χ4v) is 11.1. The first-order chi connectivity index (χ1) is 36.5. The minimum absolute atomic E-state index is 0.113. The molecular formula is C60H100NO13P. The van der Waals surface area contributed by atoms with Gasteiger partial charge in [0, 0.05) is 6.42 Å². The lowest BCUT2D eigenvalue weighted by molar-refractivity contribution is -0.256. The van der Waals surface area contributed by atoms with Crippen molar-refractivity contribution in [1.82, 2.24) is 5.32 Å². The number of carbonyl (C=O) groups excluding carboxylic acids is 3. The molecule has 3 rings (SSSR count). The molecule has 1 amide bonds. The lowest BCUT2D eigenvalue weighted by Crippen LogP contribution is -2.66. The minimum atomic E-state index is -4.79. The number of unbranched alkanes of at least 4 members (excludes halogenated alkanes) is 26. The number of hydrogen-bond donors (Lipinski definition) is 4. The monoisotopic (exact) mass is 1070 g/mol. The van der Waals surface area contributed by atoms with E-state index in [0.717, 1.165) is 77.0 Å². The minimum Gasteiger partial charge on any atom is -0.462 e. The van der Waals surface area contributed by atoms with Crippen LogP contribution in [0.15, 0.2) is 60.7 Å². The highest BCUT2D eigenvalue weighted by atomic mass is 31.2. The molecule has 75 heavy (non-hydrogen) atoms. The van der Waals surface area contributed by atoms with Crippen LogP contribution in [0.25, 0.3) is 0 Å². The number of aliphatic hydroxyl groups is 3. The maximum absolute atomic E-state index is 14.9. The Kier molecular flexibility index (Phi) is 36.4. The summed E-state index contributed by atoms with van der Waals surface area (Å²) in [5.74, 6) is -1.69. The average molecular weight is 1070 g/mol. The van der Waals surface area contributed by atoms with Crippen LogP contribution >= 0.6 is 7.82 Å².